The van der Waals surface area contributed by atoms with Crippen molar-refractivity contribution in [1.82, 2.24) is 0 Å². The first kappa shape index (κ1) is 71.2. The van der Waals surface area contributed by atoms with E-state index < -0.39 is 67.3 Å². The van der Waals surface area contributed by atoms with Crippen LogP contribution in [-0.2, 0) is 42.9 Å². The lowest BCUT2D eigenvalue weighted by molar-refractivity contribution is -0.301. The van der Waals surface area contributed by atoms with Crippen molar-refractivity contribution >= 4 is 23.9 Å². The van der Waals surface area contributed by atoms with E-state index in [0.717, 1.165) is 77.0 Å². The van der Waals surface area contributed by atoms with E-state index in [1.807, 2.05) is 12.2 Å². The summed E-state index contributed by atoms with van der Waals surface area (Å²) < 4.78 is 28.4. The van der Waals surface area contributed by atoms with Crippen LogP contribution in [0.1, 0.15) is 265 Å². The van der Waals surface area contributed by atoms with E-state index >= 15 is 0 Å². The van der Waals surface area contributed by atoms with Crippen molar-refractivity contribution in [3.63, 3.8) is 0 Å². The smallest absolute Gasteiger partial charge is 0.335 e. The summed E-state index contributed by atoms with van der Waals surface area (Å²) in [5.74, 6) is -3.22. The zero-order chi connectivity index (χ0) is 56.1. The molecule has 3 N–H and O–H groups in total. The molecule has 0 aromatic heterocycles. The van der Waals surface area contributed by atoms with Gasteiger partial charge in [-0.25, -0.2) is 4.79 Å². The fourth-order valence-electron chi connectivity index (χ4n) is 9.06. The molecule has 1 saturated heterocycles. The third kappa shape index (κ3) is 42.7. The van der Waals surface area contributed by atoms with Gasteiger partial charge in [0.25, 0.3) is 0 Å². The van der Waals surface area contributed by atoms with Crippen LogP contribution in [0.2, 0.25) is 0 Å². The predicted molar refractivity (Wildman–Crippen MR) is 312 cm³/mol. The summed E-state index contributed by atoms with van der Waals surface area (Å²) in [6.45, 7) is 5.80. The standard InChI is InChI=1S/C65H110O12/c1-4-7-10-13-16-19-22-25-27-28-29-30-32-34-36-39-42-45-48-51-57(66)73-54-56(75-58(67)52-49-46-43-40-37-33-24-21-18-15-12-9-6-3)55-74-65-63(61(70)60(69)62(77-65)64(71)72)76-59(68)53-50-47-44-41-38-35-31-26-23-20-17-14-11-8-5-2/h9,12,16,18-19,21,25,27,33,37,43,46,56,60-63,65,69-70H,4-8,10-11,13-15,17,20,22-24,26,28-32,34-36,38-42,44-45,47-55H2,1-3H3,(H,71,72)/b12-9-,19-16-,21-18-,27-25-,37-33-,46-43-. The Morgan fingerprint density at radius 3 is 1.32 bits per heavy atom. The molecule has 1 aliphatic rings. The number of aliphatic hydroxyl groups is 2. The van der Waals surface area contributed by atoms with Gasteiger partial charge >= 0.3 is 23.9 Å². The van der Waals surface area contributed by atoms with Crippen LogP contribution in [0.4, 0.5) is 0 Å². The summed E-state index contributed by atoms with van der Waals surface area (Å²) in [6.07, 6.45) is 54.6. The molecule has 1 heterocycles. The quantitative estimate of drug-likeness (QED) is 0.0228. The molecule has 6 atom stereocenters. The second-order valence-electron chi connectivity index (χ2n) is 21.0. The van der Waals surface area contributed by atoms with Gasteiger partial charge in [-0.05, 0) is 77.0 Å². The van der Waals surface area contributed by atoms with Gasteiger partial charge in [0.15, 0.2) is 24.6 Å². The van der Waals surface area contributed by atoms with Gasteiger partial charge < -0.3 is 39.0 Å². The Labute approximate surface area is 468 Å². The van der Waals surface area contributed by atoms with E-state index in [2.05, 4.69) is 81.5 Å². The number of carbonyl (C=O) groups excluding carboxylic acids is 3. The zero-order valence-electron chi connectivity index (χ0n) is 48.7. The lowest BCUT2D eigenvalue weighted by atomic mass is 9.98. The summed E-state index contributed by atoms with van der Waals surface area (Å²) in [5.41, 5.74) is 0. The highest BCUT2D eigenvalue weighted by Crippen LogP contribution is 2.26. The van der Waals surface area contributed by atoms with Gasteiger partial charge in [-0.1, -0.05) is 241 Å². The van der Waals surface area contributed by atoms with Crippen LogP contribution in [0.15, 0.2) is 72.9 Å². The highest BCUT2D eigenvalue weighted by Gasteiger charge is 2.50. The average molecular weight is 1080 g/mol. The maximum atomic E-state index is 13.1. The Morgan fingerprint density at radius 2 is 0.844 bits per heavy atom. The Bertz CT molecular complexity index is 1620. The summed E-state index contributed by atoms with van der Waals surface area (Å²) in [7, 11) is 0. The highest BCUT2D eigenvalue weighted by molar-refractivity contribution is 5.74. The molecule has 12 nitrogen and oxygen atoms in total. The van der Waals surface area contributed by atoms with Gasteiger partial charge in [-0.3, -0.25) is 14.4 Å². The Kier molecular flexibility index (Phi) is 48.8. The largest absolute Gasteiger partial charge is 0.479 e. The predicted octanol–water partition coefficient (Wildman–Crippen LogP) is 16.1. The third-order valence-corrected chi connectivity index (χ3v) is 13.8. The second kappa shape index (κ2) is 52.8. The van der Waals surface area contributed by atoms with Crippen LogP contribution in [0, 0.1) is 0 Å². The number of rotatable bonds is 52. The molecule has 0 spiro atoms. The van der Waals surface area contributed by atoms with Gasteiger partial charge in [-0.2, -0.15) is 0 Å². The first-order chi connectivity index (χ1) is 37.6. The summed E-state index contributed by atoms with van der Waals surface area (Å²) in [5, 5.41) is 31.5. The monoisotopic (exact) mass is 1080 g/mol. The first-order valence-corrected chi connectivity index (χ1v) is 30.9. The Morgan fingerprint density at radius 1 is 0.442 bits per heavy atom. The van der Waals surface area contributed by atoms with Gasteiger partial charge in [0.1, 0.15) is 18.8 Å². The average Bonchev–Trinajstić information content (AvgIpc) is 3.42. The van der Waals surface area contributed by atoms with Crippen molar-refractivity contribution in [1.29, 1.82) is 0 Å². The minimum Gasteiger partial charge on any atom is -0.479 e. The van der Waals surface area contributed by atoms with Crippen LogP contribution in [-0.4, -0.2) is 89.2 Å². The van der Waals surface area contributed by atoms with Crippen molar-refractivity contribution < 1.29 is 58.2 Å². The van der Waals surface area contributed by atoms with Crippen molar-refractivity contribution in [3.8, 4) is 0 Å². The molecule has 0 aromatic carbocycles. The van der Waals surface area contributed by atoms with Crippen molar-refractivity contribution in [2.75, 3.05) is 13.2 Å². The van der Waals surface area contributed by atoms with E-state index in [1.165, 1.54) is 122 Å². The maximum absolute atomic E-state index is 13.1. The van der Waals surface area contributed by atoms with Crippen molar-refractivity contribution in [3.05, 3.63) is 72.9 Å². The summed E-state index contributed by atoms with van der Waals surface area (Å²) in [4.78, 5) is 51.1. The summed E-state index contributed by atoms with van der Waals surface area (Å²) in [6, 6.07) is 0. The van der Waals surface area contributed by atoms with Crippen LogP contribution in [0.3, 0.4) is 0 Å². The highest BCUT2D eigenvalue weighted by atomic mass is 16.7. The number of ether oxygens (including phenoxy) is 5. The molecule has 442 valence electrons. The van der Waals surface area contributed by atoms with Crippen molar-refractivity contribution in [2.45, 2.75) is 302 Å². The fraction of sp³-hybridized carbons (Fsp3) is 0.754. The second-order valence-corrected chi connectivity index (χ2v) is 21.0. The van der Waals surface area contributed by atoms with Crippen LogP contribution >= 0.6 is 0 Å². The van der Waals surface area contributed by atoms with Gasteiger partial charge in [0.2, 0.25) is 0 Å². The minimum atomic E-state index is -1.91. The van der Waals surface area contributed by atoms with E-state index in [9.17, 15) is 34.5 Å². The number of esters is 3. The Balaban J connectivity index is 2.68. The maximum Gasteiger partial charge on any atom is 0.335 e. The molecule has 1 fully saturated rings. The first-order valence-electron chi connectivity index (χ1n) is 30.9. The number of carbonyl (C=O) groups is 4. The molecule has 0 amide bonds. The summed E-state index contributed by atoms with van der Waals surface area (Å²) >= 11 is 0. The number of aliphatic hydroxyl groups excluding tert-OH is 2. The minimum absolute atomic E-state index is 0.0405. The van der Waals surface area contributed by atoms with Crippen LogP contribution in [0.5, 0.6) is 0 Å². The number of hydrogen-bond acceptors (Lipinski definition) is 11. The molecule has 0 bridgehead atoms. The van der Waals surface area contributed by atoms with Gasteiger partial charge in [0.05, 0.1) is 6.61 Å². The lowest BCUT2D eigenvalue weighted by Crippen LogP contribution is -2.61. The molecule has 0 aromatic rings. The molecule has 12 heteroatoms. The topological polar surface area (TPSA) is 175 Å². The lowest BCUT2D eigenvalue weighted by Gasteiger charge is -2.40. The van der Waals surface area contributed by atoms with Gasteiger partial charge in [-0.15, -0.1) is 0 Å². The number of carboxylic acids is 1. The molecular weight excluding hydrogens is 973 g/mol. The fourth-order valence-corrected chi connectivity index (χ4v) is 9.06. The molecule has 77 heavy (non-hydrogen) atoms. The zero-order valence-corrected chi connectivity index (χ0v) is 48.7. The van der Waals surface area contributed by atoms with Crippen LogP contribution in [0.25, 0.3) is 0 Å². The van der Waals surface area contributed by atoms with E-state index in [-0.39, 0.29) is 25.9 Å². The molecular formula is C65H110O12. The SMILES string of the molecule is CC/C=C\C/C=C\C/C=C\C/C=C\CCC(=O)OC(COC(=O)CCCCCCCCCCC/C=C\C/C=C\CCCCC)COC1OC(C(=O)O)C(O)C(O)C1OC(=O)CCCCCCCCCCCCCCCCC. The molecule has 1 rings (SSSR count). The van der Waals surface area contributed by atoms with Gasteiger partial charge in [0, 0.05) is 19.3 Å². The number of aliphatic carboxylic acids is 1. The number of carboxylic acid groups (broad SMARTS) is 1. The number of hydrogen-bond donors (Lipinski definition) is 3. The molecule has 6 unspecified atom stereocenters. The number of allylic oxidation sites excluding steroid dienone is 12. The molecule has 0 aliphatic carbocycles. The van der Waals surface area contributed by atoms with Crippen molar-refractivity contribution in [2.24, 2.45) is 0 Å². The van der Waals surface area contributed by atoms with E-state index in [0.29, 0.717) is 25.7 Å². The van der Waals surface area contributed by atoms with E-state index in [1.54, 1.807) is 0 Å². The normalized spacial score (nSPS) is 18.5. The Hall–Kier alpha value is -3.84. The molecule has 0 saturated carbocycles. The van der Waals surface area contributed by atoms with Crippen LogP contribution < -0.4 is 0 Å². The molecule has 1 aliphatic heterocycles. The number of unbranched alkanes of at least 4 members (excludes halogenated alkanes) is 26. The van der Waals surface area contributed by atoms with E-state index in [4.69, 9.17) is 23.7 Å². The third-order valence-electron chi connectivity index (χ3n) is 13.8. The molecule has 0 radical (unpaired) electrons.